The highest BCUT2D eigenvalue weighted by Crippen LogP contribution is 2.40. The summed E-state index contributed by atoms with van der Waals surface area (Å²) >= 11 is 4.60. The van der Waals surface area contributed by atoms with Gasteiger partial charge in [-0.25, -0.2) is 8.42 Å². The predicted molar refractivity (Wildman–Crippen MR) is 75.3 cm³/mol. The number of nitrogens with zero attached hydrogens (tertiary/aromatic N) is 1. The van der Waals surface area contributed by atoms with Crippen molar-refractivity contribution in [3.05, 3.63) is 15.9 Å². The van der Waals surface area contributed by atoms with E-state index >= 15 is 0 Å². The van der Waals surface area contributed by atoms with E-state index in [9.17, 15) is 8.42 Å². The van der Waals surface area contributed by atoms with Crippen molar-refractivity contribution in [3.8, 4) is 0 Å². The van der Waals surface area contributed by atoms with Crippen molar-refractivity contribution in [1.82, 2.24) is 9.62 Å². The molecule has 0 aliphatic carbocycles. The summed E-state index contributed by atoms with van der Waals surface area (Å²) in [6.45, 7) is 3.27. The molecule has 2 aliphatic rings. The van der Waals surface area contributed by atoms with Crippen molar-refractivity contribution in [2.24, 2.45) is 5.41 Å². The van der Waals surface area contributed by atoms with Gasteiger partial charge < -0.3 is 5.32 Å². The van der Waals surface area contributed by atoms with Crippen LogP contribution in [0.4, 0.5) is 0 Å². The van der Waals surface area contributed by atoms with Gasteiger partial charge in [0.1, 0.15) is 4.21 Å². The molecule has 0 aromatic carbocycles. The lowest BCUT2D eigenvalue weighted by molar-refractivity contribution is 0.338. The van der Waals surface area contributed by atoms with Crippen LogP contribution < -0.4 is 5.32 Å². The van der Waals surface area contributed by atoms with E-state index in [4.69, 9.17) is 0 Å². The average molecular weight is 351 g/mol. The minimum atomic E-state index is -3.31. The molecule has 0 saturated carbocycles. The molecule has 1 aromatic heterocycles. The van der Waals surface area contributed by atoms with E-state index in [0.717, 1.165) is 25.9 Å². The van der Waals surface area contributed by atoms with E-state index in [1.54, 1.807) is 15.8 Å². The second-order valence-corrected chi connectivity index (χ2v) is 8.98. The molecule has 4 nitrogen and oxygen atoms in total. The van der Waals surface area contributed by atoms with Crippen LogP contribution in [0.5, 0.6) is 0 Å². The number of nitrogens with one attached hydrogen (secondary N) is 1. The molecule has 3 heterocycles. The summed E-state index contributed by atoms with van der Waals surface area (Å²) in [6.07, 6.45) is 2.06. The fourth-order valence-corrected chi connectivity index (χ4v) is 6.83. The fraction of sp³-hybridized carbons (Fsp3) is 0.636. The Balaban J connectivity index is 1.86. The van der Waals surface area contributed by atoms with Gasteiger partial charge in [0.15, 0.2) is 0 Å². The Kier molecular flexibility index (Phi) is 3.30. The minimum Gasteiger partial charge on any atom is -0.316 e. The van der Waals surface area contributed by atoms with Crippen molar-refractivity contribution in [3.63, 3.8) is 0 Å². The lowest BCUT2D eigenvalue weighted by Gasteiger charge is -2.22. The normalized spacial score (nSPS) is 29.4. The molecular formula is C11H15BrN2O2S2. The van der Waals surface area contributed by atoms with Crippen LogP contribution in [-0.4, -0.2) is 38.9 Å². The maximum Gasteiger partial charge on any atom is 0.253 e. The third-order valence-electron chi connectivity index (χ3n) is 3.89. The predicted octanol–water partition coefficient (Wildman–Crippen LogP) is 1.88. The van der Waals surface area contributed by atoms with Crippen molar-refractivity contribution in [2.75, 3.05) is 26.2 Å². The Bertz CT molecular complexity index is 549. The molecule has 7 heteroatoms. The van der Waals surface area contributed by atoms with Gasteiger partial charge in [-0.1, -0.05) is 0 Å². The first kappa shape index (κ1) is 13.1. The van der Waals surface area contributed by atoms with Crippen molar-refractivity contribution in [1.29, 1.82) is 0 Å². The molecule has 0 bridgehead atoms. The van der Waals surface area contributed by atoms with Gasteiger partial charge in [0.25, 0.3) is 10.0 Å². The number of hydrogen-bond acceptors (Lipinski definition) is 4. The molecule has 0 radical (unpaired) electrons. The number of sulfonamides is 1. The van der Waals surface area contributed by atoms with Crippen molar-refractivity contribution in [2.45, 2.75) is 17.1 Å². The Morgan fingerprint density at radius 3 is 2.89 bits per heavy atom. The first-order valence-electron chi connectivity index (χ1n) is 5.97. The van der Waals surface area contributed by atoms with Gasteiger partial charge in [0.05, 0.1) is 0 Å². The molecular weight excluding hydrogens is 336 g/mol. The van der Waals surface area contributed by atoms with Gasteiger partial charge >= 0.3 is 0 Å². The van der Waals surface area contributed by atoms with Crippen LogP contribution in [0.2, 0.25) is 0 Å². The highest BCUT2D eigenvalue weighted by Gasteiger charge is 2.45. The van der Waals surface area contributed by atoms with Crippen LogP contribution in [0.25, 0.3) is 0 Å². The summed E-state index contributed by atoms with van der Waals surface area (Å²) < 4.78 is 27.8. The standard InChI is InChI=1S/C11H15BrN2O2S2/c12-9-1-6-17-10(9)18(15,16)14-5-3-11(8-14)2-4-13-7-11/h1,6,13H,2-5,7-8H2. The molecule has 2 fully saturated rings. The van der Waals surface area contributed by atoms with E-state index in [-0.39, 0.29) is 5.41 Å². The quantitative estimate of drug-likeness (QED) is 0.885. The van der Waals surface area contributed by atoms with Gasteiger partial charge in [0.2, 0.25) is 0 Å². The summed E-state index contributed by atoms with van der Waals surface area (Å²) in [7, 11) is -3.31. The molecule has 1 unspecified atom stereocenters. The van der Waals surface area contributed by atoms with E-state index in [2.05, 4.69) is 21.2 Å². The molecule has 2 saturated heterocycles. The zero-order valence-electron chi connectivity index (χ0n) is 9.86. The monoisotopic (exact) mass is 350 g/mol. The zero-order valence-corrected chi connectivity index (χ0v) is 13.1. The summed E-state index contributed by atoms with van der Waals surface area (Å²) in [5.74, 6) is 0. The Hall–Kier alpha value is 0.0500. The molecule has 1 atom stereocenters. The van der Waals surface area contributed by atoms with Crippen LogP contribution in [-0.2, 0) is 10.0 Å². The lowest BCUT2D eigenvalue weighted by Crippen LogP contribution is -2.33. The van der Waals surface area contributed by atoms with E-state index in [0.29, 0.717) is 21.8 Å². The van der Waals surface area contributed by atoms with Gasteiger partial charge in [-0.2, -0.15) is 4.31 Å². The van der Waals surface area contributed by atoms with Crippen LogP contribution in [0.15, 0.2) is 20.1 Å². The smallest absolute Gasteiger partial charge is 0.253 e. The number of halogens is 1. The van der Waals surface area contributed by atoms with E-state index in [1.807, 2.05) is 0 Å². The summed E-state index contributed by atoms with van der Waals surface area (Å²) in [4.78, 5) is 0. The van der Waals surface area contributed by atoms with Crippen molar-refractivity contribution < 1.29 is 8.42 Å². The second-order valence-electron chi connectivity index (χ2n) is 5.07. The maximum atomic E-state index is 12.5. The number of thiophene rings is 1. The van der Waals surface area contributed by atoms with Crippen molar-refractivity contribution >= 4 is 37.3 Å². The van der Waals surface area contributed by atoms with Crippen LogP contribution in [0.1, 0.15) is 12.8 Å². The molecule has 18 heavy (non-hydrogen) atoms. The van der Waals surface area contributed by atoms with Gasteiger partial charge in [-0.3, -0.25) is 0 Å². The van der Waals surface area contributed by atoms with Crippen LogP contribution >= 0.6 is 27.3 Å². The first-order valence-corrected chi connectivity index (χ1v) is 9.09. The van der Waals surface area contributed by atoms with Crippen LogP contribution in [0, 0.1) is 5.41 Å². The fourth-order valence-electron chi connectivity index (χ4n) is 2.82. The summed E-state index contributed by atoms with van der Waals surface area (Å²) in [5, 5.41) is 5.15. The number of rotatable bonds is 2. The number of hydrogen-bond donors (Lipinski definition) is 1. The maximum absolute atomic E-state index is 12.5. The van der Waals surface area contributed by atoms with Gasteiger partial charge in [-0.15, -0.1) is 11.3 Å². The molecule has 100 valence electrons. The third-order valence-corrected chi connectivity index (χ3v) is 8.39. The average Bonchev–Trinajstić information content (AvgIpc) is 3.02. The Morgan fingerprint density at radius 2 is 2.28 bits per heavy atom. The molecule has 2 aliphatic heterocycles. The largest absolute Gasteiger partial charge is 0.316 e. The molecule has 1 aromatic rings. The third kappa shape index (κ3) is 2.06. The van der Waals surface area contributed by atoms with E-state index < -0.39 is 10.0 Å². The van der Waals surface area contributed by atoms with Crippen LogP contribution in [0.3, 0.4) is 0 Å². The molecule has 0 amide bonds. The summed E-state index contributed by atoms with van der Waals surface area (Å²) in [5.41, 5.74) is 0.177. The molecule has 1 N–H and O–H groups in total. The minimum absolute atomic E-state index is 0.177. The molecule has 3 rings (SSSR count). The topological polar surface area (TPSA) is 49.4 Å². The highest BCUT2D eigenvalue weighted by atomic mass is 79.9. The Morgan fingerprint density at radius 1 is 1.44 bits per heavy atom. The highest BCUT2D eigenvalue weighted by molar-refractivity contribution is 9.10. The SMILES string of the molecule is O=S(=O)(c1sccc1Br)N1CCC2(CCNC2)C1. The first-order chi connectivity index (χ1) is 8.54. The zero-order chi connectivity index (χ0) is 12.8. The van der Waals surface area contributed by atoms with Gasteiger partial charge in [0, 0.05) is 24.1 Å². The second kappa shape index (κ2) is 4.56. The molecule has 1 spiro atoms. The lowest BCUT2D eigenvalue weighted by atomic mass is 9.87. The summed E-state index contributed by atoms with van der Waals surface area (Å²) in [6, 6.07) is 1.79. The Labute approximate surface area is 120 Å². The van der Waals surface area contributed by atoms with Gasteiger partial charge in [-0.05, 0) is 52.2 Å². The van der Waals surface area contributed by atoms with E-state index in [1.165, 1.54) is 11.3 Å².